The smallest absolute Gasteiger partial charge is 0.226 e. The molecule has 0 radical (unpaired) electrons. The predicted molar refractivity (Wildman–Crippen MR) is 92.2 cm³/mol. The van der Waals surface area contributed by atoms with Gasteiger partial charge in [0.25, 0.3) is 0 Å². The SMILES string of the molecule is BC1CCC2C(=O)N(C(C)C)CCC2CC(C)(C(C)C)C1. The molecular weight excluding hydrogens is 257 g/mol. The highest BCUT2D eigenvalue weighted by molar-refractivity contribution is 6.11. The maximum absolute atomic E-state index is 12.9. The van der Waals surface area contributed by atoms with Crippen molar-refractivity contribution in [3.05, 3.63) is 0 Å². The van der Waals surface area contributed by atoms with Crippen LogP contribution in [0.1, 0.15) is 66.7 Å². The molecule has 1 saturated carbocycles. The van der Waals surface area contributed by atoms with Crippen LogP contribution < -0.4 is 0 Å². The Morgan fingerprint density at radius 2 is 1.81 bits per heavy atom. The fourth-order valence-electron chi connectivity index (χ4n) is 4.66. The van der Waals surface area contributed by atoms with Crippen LogP contribution in [0.15, 0.2) is 0 Å². The molecule has 2 nitrogen and oxygen atoms in total. The summed E-state index contributed by atoms with van der Waals surface area (Å²) in [6.07, 6.45) is 6.13. The van der Waals surface area contributed by atoms with E-state index in [0.717, 1.165) is 18.8 Å². The number of fused-ring (bicyclic) bond motifs is 1. The summed E-state index contributed by atoms with van der Waals surface area (Å²) >= 11 is 0. The van der Waals surface area contributed by atoms with Gasteiger partial charge in [-0.05, 0) is 50.4 Å². The normalized spacial score (nSPS) is 38.3. The number of carbonyl (C=O) groups excluding carboxylic acids is 1. The highest BCUT2D eigenvalue weighted by Crippen LogP contribution is 2.48. The number of rotatable bonds is 2. The monoisotopic (exact) mass is 291 g/mol. The Labute approximate surface area is 132 Å². The summed E-state index contributed by atoms with van der Waals surface area (Å²) in [7, 11) is 2.38. The number of hydrogen-bond donors (Lipinski definition) is 0. The van der Waals surface area contributed by atoms with Crippen LogP contribution in [-0.4, -0.2) is 31.2 Å². The van der Waals surface area contributed by atoms with Gasteiger partial charge in [0.15, 0.2) is 0 Å². The second-order valence-corrected chi connectivity index (χ2v) is 8.68. The van der Waals surface area contributed by atoms with Crippen LogP contribution in [0.4, 0.5) is 0 Å². The molecule has 1 aliphatic heterocycles. The maximum atomic E-state index is 12.9. The van der Waals surface area contributed by atoms with E-state index in [-0.39, 0.29) is 0 Å². The number of hydrogen-bond acceptors (Lipinski definition) is 1. The van der Waals surface area contributed by atoms with Gasteiger partial charge in [-0.25, -0.2) is 0 Å². The van der Waals surface area contributed by atoms with Gasteiger partial charge in [0.2, 0.25) is 5.91 Å². The van der Waals surface area contributed by atoms with Gasteiger partial charge >= 0.3 is 0 Å². The van der Waals surface area contributed by atoms with E-state index in [1.165, 1.54) is 25.7 Å². The fraction of sp³-hybridized carbons (Fsp3) is 0.944. The predicted octanol–water partition coefficient (Wildman–Crippen LogP) is 3.52. The third kappa shape index (κ3) is 3.48. The first-order valence-corrected chi connectivity index (χ1v) is 9.05. The summed E-state index contributed by atoms with van der Waals surface area (Å²) < 4.78 is 0. The molecule has 21 heavy (non-hydrogen) atoms. The molecular formula is C18H34BNO. The second kappa shape index (κ2) is 6.34. The standard InChI is InChI=1S/C18H34BNO/c1-12(2)18(5)10-14-8-9-20(13(3)4)17(21)16(14)7-6-15(19)11-18/h12-16H,6-11,19H2,1-5H3. The highest BCUT2D eigenvalue weighted by atomic mass is 16.2. The minimum absolute atomic E-state index is 0.293. The lowest BCUT2D eigenvalue weighted by atomic mass is 9.58. The van der Waals surface area contributed by atoms with Gasteiger partial charge in [-0.1, -0.05) is 39.4 Å². The maximum Gasteiger partial charge on any atom is 0.226 e. The van der Waals surface area contributed by atoms with Crippen LogP contribution >= 0.6 is 0 Å². The number of carbonyl (C=O) groups is 1. The molecule has 3 heteroatoms. The molecule has 1 heterocycles. The Morgan fingerprint density at radius 3 is 2.38 bits per heavy atom. The Hall–Kier alpha value is -0.465. The Bertz CT molecular complexity index is 381. The van der Waals surface area contributed by atoms with E-state index in [0.29, 0.717) is 35.1 Å². The molecule has 0 aromatic rings. The van der Waals surface area contributed by atoms with Gasteiger partial charge in [-0.15, -0.1) is 0 Å². The van der Waals surface area contributed by atoms with Crippen molar-refractivity contribution in [1.29, 1.82) is 0 Å². The molecule has 0 aromatic carbocycles. The molecule has 120 valence electrons. The molecule has 4 atom stereocenters. The number of amides is 1. The van der Waals surface area contributed by atoms with Crippen molar-refractivity contribution in [1.82, 2.24) is 4.90 Å². The average Bonchev–Trinajstić information content (AvgIpc) is 2.35. The number of piperidine rings is 1. The Morgan fingerprint density at radius 1 is 1.14 bits per heavy atom. The van der Waals surface area contributed by atoms with Crippen LogP contribution in [0.25, 0.3) is 0 Å². The third-order valence-electron chi connectivity index (χ3n) is 6.44. The molecule has 0 N–H and O–H groups in total. The minimum Gasteiger partial charge on any atom is -0.340 e. The Balaban J connectivity index is 2.21. The van der Waals surface area contributed by atoms with Crippen LogP contribution in [0.2, 0.25) is 5.82 Å². The van der Waals surface area contributed by atoms with Crippen molar-refractivity contribution >= 4 is 13.8 Å². The summed E-state index contributed by atoms with van der Waals surface area (Å²) in [5.41, 5.74) is 0.406. The third-order valence-corrected chi connectivity index (χ3v) is 6.44. The van der Waals surface area contributed by atoms with Gasteiger partial charge in [0, 0.05) is 18.5 Å². The zero-order chi connectivity index (χ0) is 15.8. The quantitative estimate of drug-likeness (QED) is 0.713. The zero-order valence-corrected chi connectivity index (χ0v) is 15.0. The van der Waals surface area contributed by atoms with E-state index >= 15 is 0 Å². The van der Waals surface area contributed by atoms with E-state index in [4.69, 9.17) is 0 Å². The van der Waals surface area contributed by atoms with Gasteiger partial charge < -0.3 is 4.90 Å². The fourth-order valence-corrected chi connectivity index (χ4v) is 4.66. The largest absolute Gasteiger partial charge is 0.340 e. The van der Waals surface area contributed by atoms with E-state index < -0.39 is 0 Å². The molecule has 2 rings (SSSR count). The average molecular weight is 291 g/mol. The molecule has 2 aliphatic rings. The van der Waals surface area contributed by atoms with Gasteiger partial charge in [0.1, 0.15) is 7.85 Å². The summed E-state index contributed by atoms with van der Waals surface area (Å²) in [5, 5.41) is 0. The molecule has 0 spiro atoms. The van der Waals surface area contributed by atoms with Crippen LogP contribution in [0.5, 0.6) is 0 Å². The molecule has 2 fully saturated rings. The van der Waals surface area contributed by atoms with Gasteiger partial charge in [-0.3, -0.25) is 4.79 Å². The lowest BCUT2D eigenvalue weighted by molar-refractivity contribution is -0.145. The van der Waals surface area contributed by atoms with Crippen LogP contribution in [0.3, 0.4) is 0 Å². The first kappa shape index (κ1) is 16.9. The first-order chi connectivity index (χ1) is 9.74. The molecule has 1 aliphatic carbocycles. The van der Waals surface area contributed by atoms with Crippen molar-refractivity contribution in [2.75, 3.05) is 6.54 Å². The molecule has 1 saturated heterocycles. The summed E-state index contributed by atoms with van der Waals surface area (Å²) in [5.74, 6) is 2.81. The van der Waals surface area contributed by atoms with Crippen molar-refractivity contribution in [3.8, 4) is 0 Å². The summed E-state index contributed by atoms with van der Waals surface area (Å²) in [6, 6.07) is 0.359. The second-order valence-electron chi connectivity index (χ2n) is 8.68. The van der Waals surface area contributed by atoms with E-state index in [1.54, 1.807) is 0 Å². The van der Waals surface area contributed by atoms with E-state index in [2.05, 4.69) is 47.4 Å². The first-order valence-electron chi connectivity index (χ1n) is 9.05. The summed E-state index contributed by atoms with van der Waals surface area (Å²) in [6.45, 7) is 12.5. The number of nitrogens with zero attached hydrogens (tertiary/aromatic N) is 1. The molecule has 0 bridgehead atoms. The van der Waals surface area contributed by atoms with Crippen molar-refractivity contribution in [3.63, 3.8) is 0 Å². The Kier molecular flexibility index (Phi) is 5.10. The van der Waals surface area contributed by atoms with Crippen molar-refractivity contribution < 1.29 is 4.79 Å². The zero-order valence-electron chi connectivity index (χ0n) is 15.0. The number of likely N-dealkylation sites (tertiary alicyclic amines) is 1. The summed E-state index contributed by atoms with van der Waals surface area (Å²) in [4.78, 5) is 15.0. The molecule has 1 amide bonds. The van der Waals surface area contributed by atoms with E-state index in [9.17, 15) is 4.79 Å². The highest BCUT2D eigenvalue weighted by Gasteiger charge is 2.43. The molecule has 4 unspecified atom stereocenters. The van der Waals surface area contributed by atoms with Crippen LogP contribution in [0, 0.1) is 23.2 Å². The minimum atomic E-state index is 0.293. The van der Waals surface area contributed by atoms with E-state index in [1.807, 2.05) is 0 Å². The van der Waals surface area contributed by atoms with Crippen molar-refractivity contribution in [2.45, 2.75) is 78.6 Å². The molecule has 0 aromatic heterocycles. The van der Waals surface area contributed by atoms with Gasteiger partial charge in [-0.2, -0.15) is 0 Å². The van der Waals surface area contributed by atoms with Crippen molar-refractivity contribution in [2.24, 2.45) is 23.2 Å². The topological polar surface area (TPSA) is 20.3 Å². The lowest BCUT2D eigenvalue weighted by Crippen LogP contribution is -2.50. The van der Waals surface area contributed by atoms with Gasteiger partial charge in [0.05, 0.1) is 0 Å². The van der Waals surface area contributed by atoms with Crippen LogP contribution in [-0.2, 0) is 4.79 Å². The lowest BCUT2D eigenvalue weighted by Gasteiger charge is -2.47.